The Hall–Kier alpha value is -1.14. The molecule has 2 unspecified atom stereocenters. The first kappa shape index (κ1) is 12.9. The Kier molecular flexibility index (Phi) is 4.03. The molecule has 82 valence electrons. The molecule has 2 atom stereocenters. The maximum Gasteiger partial charge on any atom is 0.315 e. The van der Waals surface area contributed by atoms with Crippen LogP contribution in [0.1, 0.15) is 20.3 Å². The third-order valence-electron chi connectivity index (χ3n) is 2.33. The molecule has 0 heterocycles. The summed E-state index contributed by atoms with van der Waals surface area (Å²) in [6.45, 7) is 2.29. The van der Waals surface area contributed by atoms with Crippen LogP contribution in [0, 0.1) is 5.41 Å². The predicted octanol–water partition coefficient (Wildman–Crippen LogP) is -0.706. The second-order valence-corrected chi connectivity index (χ2v) is 3.27. The highest BCUT2D eigenvalue weighted by molar-refractivity contribution is 5.82. The Morgan fingerprint density at radius 1 is 1.14 bits per heavy atom. The van der Waals surface area contributed by atoms with E-state index in [0.29, 0.717) is 0 Å². The summed E-state index contributed by atoms with van der Waals surface area (Å²) in [5.74, 6) is -2.90. The predicted molar refractivity (Wildman–Crippen MR) is 45.7 cm³/mol. The number of carbonyl (C=O) groups is 2. The Balaban J connectivity index is 5.16. The summed E-state index contributed by atoms with van der Waals surface area (Å²) in [6, 6.07) is 0. The van der Waals surface area contributed by atoms with Gasteiger partial charge in [-0.05, 0) is 13.8 Å². The Morgan fingerprint density at radius 3 is 1.57 bits per heavy atom. The summed E-state index contributed by atoms with van der Waals surface area (Å²) in [7, 11) is 0. The first-order chi connectivity index (χ1) is 6.25. The van der Waals surface area contributed by atoms with E-state index in [-0.39, 0.29) is 0 Å². The number of aliphatic hydroxyl groups excluding tert-OH is 2. The van der Waals surface area contributed by atoms with Crippen LogP contribution in [0.25, 0.3) is 0 Å². The van der Waals surface area contributed by atoms with E-state index in [2.05, 4.69) is 0 Å². The zero-order valence-corrected chi connectivity index (χ0v) is 7.97. The second-order valence-electron chi connectivity index (χ2n) is 3.27. The minimum absolute atomic E-state index is 0.822. The van der Waals surface area contributed by atoms with Crippen LogP contribution in [0.4, 0.5) is 0 Å². The monoisotopic (exact) mass is 206 g/mol. The van der Waals surface area contributed by atoms with E-state index >= 15 is 0 Å². The van der Waals surface area contributed by atoms with Crippen LogP contribution in [-0.4, -0.2) is 44.6 Å². The van der Waals surface area contributed by atoms with E-state index in [1.807, 2.05) is 0 Å². The fraction of sp³-hybridized carbons (Fsp3) is 0.750. The van der Waals surface area contributed by atoms with Crippen molar-refractivity contribution in [1.82, 2.24) is 0 Å². The van der Waals surface area contributed by atoms with Gasteiger partial charge >= 0.3 is 11.9 Å². The molecule has 0 fully saturated rings. The lowest BCUT2D eigenvalue weighted by molar-refractivity contribution is -0.173. The minimum atomic E-state index is -2.05. The van der Waals surface area contributed by atoms with Crippen molar-refractivity contribution in [1.29, 1.82) is 0 Å². The van der Waals surface area contributed by atoms with Gasteiger partial charge in [0.05, 0.1) is 18.6 Å². The van der Waals surface area contributed by atoms with Crippen molar-refractivity contribution in [3.8, 4) is 0 Å². The highest BCUT2D eigenvalue weighted by Crippen LogP contribution is 2.31. The van der Waals surface area contributed by atoms with Crippen molar-refractivity contribution >= 4 is 11.9 Å². The van der Waals surface area contributed by atoms with Crippen LogP contribution in [0.2, 0.25) is 0 Å². The third kappa shape index (κ3) is 2.21. The maximum absolute atomic E-state index is 10.9. The van der Waals surface area contributed by atoms with Crippen LogP contribution >= 0.6 is 0 Å². The standard InChI is InChI=1S/C8H14O6/c1-4(9)8(5(2)10,7(13)14)3-6(11)12/h4-5,9-10H,3H2,1-2H3,(H,11,12)(H,13,14). The molecule has 6 nitrogen and oxygen atoms in total. The normalized spacial score (nSPS) is 19.4. The van der Waals surface area contributed by atoms with E-state index in [1.54, 1.807) is 0 Å². The molecule has 0 aromatic carbocycles. The van der Waals surface area contributed by atoms with Gasteiger partial charge in [-0.25, -0.2) is 0 Å². The summed E-state index contributed by atoms with van der Waals surface area (Å²) in [6.07, 6.45) is -3.72. The van der Waals surface area contributed by atoms with Gasteiger partial charge in [-0.1, -0.05) is 0 Å². The van der Waals surface area contributed by atoms with Crippen molar-refractivity contribution in [3.63, 3.8) is 0 Å². The van der Waals surface area contributed by atoms with Crippen LogP contribution < -0.4 is 0 Å². The third-order valence-corrected chi connectivity index (χ3v) is 2.33. The van der Waals surface area contributed by atoms with Crippen molar-refractivity contribution < 1.29 is 30.0 Å². The highest BCUT2D eigenvalue weighted by atomic mass is 16.4. The van der Waals surface area contributed by atoms with Crippen molar-refractivity contribution in [2.45, 2.75) is 32.5 Å². The van der Waals surface area contributed by atoms with Crippen molar-refractivity contribution in [2.75, 3.05) is 0 Å². The molecule has 0 rings (SSSR count). The maximum atomic E-state index is 10.9. The average molecular weight is 206 g/mol. The number of rotatable bonds is 5. The molecule has 0 aliphatic rings. The number of hydrogen-bond acceptors (Lipinski definition) is 4. The molecule has 0 radical (unpaired) electrons. The Bertz CT molecular complexity index is 224. The summed E-state index contributed by atoms with van der Waals surface area (Å²) in [4.78, 5) is 21.3. The lowest BCUT2D eigenvalue weighted by Crippen LogP contribution is -2.50. The smallest absolute Gasteiger partial charge is 0.315 e. The summed E-state index contributed by atoms with van der Waals surface area (Å²) in [5.41, 5.74) is -2.05. The van der Waals surface area contributed by atoms with E-state index in [4.69, 9.17) is 10.2 Å². The summed E-state index contributed by atoms with van der Waals surface area (Å²) < 4.78 is 0. The Morgan fingerprint density at radius 2 is 1.50 bits per heavy atom. The van der Waals surface area contributed by atoms with E-state index < -0.39 is 36.0 Å². The number of aliphatic hydroxyl groups is 2. The van der Waals surface area contributed by atoms with Gasteiger partial charge in [-0.3, -0.25) is 9.59 Å². The Labute approximate surface area is 80.8 Å². The quantitative estimate of drug-likeness (QED) is 0.472. The zero-order valence-electron chi connectivity index (χ0n) is 7.97. The van der Waals surface area contributed by atoms with Gasteiger partial charge in [0, 0.05) is 0 Å². The van der Waals surface area contributed by atoms with Gasteiger partial charge in [-0.15, -0.1) is 0 Å². The number of aliphatic carboxylic acids is 2. The van der Waals surface area contributed by atoms with Gasteiger partial charge in [0.2, 0.25) is 0 Å². The topological polar surface area (TPSA) is 115 Å². The first-order valence-corrected chi connectivity index (χ1v) is 4.06. The van der Waals surface area contributed by atoms with Gasteiger partial charge in [0.1, 0.15) is 5.41 Å². The van der Waals surface area contributed by atoms with E-state index in [1.165, 1.54) is 0 Å². The molecule has 0 aromatic rings. The number of carboxylic acid groups (broad SMARTS) is 2. The second kappa shape index (κ2) is 4.39. The van der Waals surface area contributed by atoms with Crippen LogP contribution in [0.5, 0.6) is 0 Å². The molecule has 0 saturated heterocycles. The molecule has 0 saturated carbocycles. The number of carboxylic acids is 2. The molecule has 4 N–H and O–H groups in total. The number of hydrogen-bond donors (Lipinski definition) is 4. The van der Waals surface area contributed by atoms with Crippen LogP contribution in [-0.2, 0) is 9.59 Å². The van der Waals surface area contributed by atoms with Crippen LogP contribution in [0.3, 0.4) is 0 Å². The molecule has 14 heavy (non-hydrogen) atoms. The van der Waals surface area contributed by atoms with Crippen LogP contribution in [0.15, 0.2) is 0 Å². The van der Waals surface area contributed by atoms with Gasteiger partial charge in [0.15, 0.2) is 0 Å². The molecule has 0 aliphatic carbocycles. The van der Waals surface area contributed by atoms with Gasteiger partial charge in [-0.2, -0.15) is 0 Å². The van der Waals surface area contributed by atoms with E-state index in [0.717, 1.165) is 13.8 Å². The van der Waals surface area contributed by atoms with Gasteiger partial charge in [0.25, 0.3) is 0 Å². The summed E-state index contributed by atoms with van der Waals surface area (Å²) >= 11 is 0. The fourth-order valence-electron chi connectivity index (χ4n) is 1.33. The molecule has 0 aromatic heterocycles. The molecule has 6 heteroatoms. The molecular weight excluding hydrogens is 192 g/mol. The highest BCUT2D eigenvalue weighted by Gasteiger charge is 2.49. The van der Waals surface area contributed by atoms with Crippen molar-refractivity contribution in [3.05, 3.63) is 0 Å². The molecular formula is C8H14O6. The molecule has 0 aliphatic heterocycles. The summed E-state index contributed by atoms with van der Waals surface area (Å²) in [5, 5.41) is 35.8. The largest absolute Gasteiger partial charge is 0.481 e. The fourth-order valence-corrected chi connectivity index (χ4v) is 1.33. The average Bonchev–Trinajstić information content (AvgIpc) is 1.97. The van der Waals surface area contributed by atoms with Crippen molar-refractivity contribution in [2.24, 2.45) is 5.41 Å². The minimum Gasteiger partial charge on any atom is -0.481 e. The van der Waals surface area contributed by atoms with Gasteiger partial charge < -0.3 is 20.4 Å². The lowest BCUT2D eigenvalue weighted by Gasteiger charge is -2.33. The zero-order chi connectivity index (χ0) is 11.5. The molecule has 0 bridgehead atoms. The first-order valence-electron chi connectivity index (χ1n) is 4.06. The molecule has 0 amide bonds. The molecule has 0 spiro atoms. The SMILES string of the molecule is CC(O)C(CC(=O)O)(C(=O)O)C(C)O. The lowest BCUT2D eigenvalue weighted by atomic mass is 9.75. The van der Waals surface area contributed by atoms with E-state index in [9.17, 15) is 19.8 Å².